The zero-order chi connectivity index (χ0) is 13.4. The van der Waals surface area contributed by atoms with E-state index in [2.05, 4.69) is 11.4 Å². The van der Waals surface area contributed by atoms with Gasteiger partial charge in [0.1, 0.15) is 0 Å². The summed E-state index contributed by atoms with van der Waals surface area (Å²) in [5.41, 5.74) is 1.97. The van der Waals surface area contributed by atoms with Gasteiger partial charge in [-0.25, -0.2) is 0 Å². The van der Waals surface area contributed by atoms with Crippen molar-refractivity contribution >= 4 is 29.0 Å². The van der Waals surface area contributed by atoms with E-state index in [1.807, 2.05) is 0 Å². The molecule has 3 rings (SSSR count). The predicted octanol–water partition coefficient (Wildman–Crippen LogP) is 4.22. The number of hydrogen-bond acceptors (Lipinski definition) is 2. The molecule has 0 unspecified atom stereocenters. The first-order valence-corrected chi connectivity index (χ1v) is 7.31. The summed E-state index contributed by atoms with van der Waals surface area (Å²) in [6, 6.07) is 5.65. The van der Waals surface area contributed by atoms with Gasteiger partial charge in [0.15, 0.2) is 5.78 Å². The van der Waals surface area contributed by atoms with E-state index in [1.165, 1.54) is 5.70 Å². The molecule has 2 aliphatic heterocycles. The summed E-state index contributed by atoms with van der Waals surface area (Å²) in [6.07, 6.45) is 6.02. The van der Waals surface area contributed by atoms with Crippen LogP contribution >= 0.6 is 23.2 Å². The van der Waals surface area contributed by atoms with Crippen molar-refractivity contribution in [1.82, 2.24) is 5.32 Å². The molecule has 1 aromatic carbocycles. The number of piperidine rings is 1. The molecule has 1 aromatic rings. The predicted molar refractivity (Wildman–Crippen MR) is 77.8 cm³/mol. The van der Waals surface area contributed by atoms with Crippen molar-refractivity contribution in [2.45, 2.75) is 31.7 Å². The van der Waals surface area contributed by atoms with Crippen LogP contribution in [0.25, 0.3) is 0 Å². The summed E-state index contributed by atoms with van der Waals surface area (Å²) in [5, 5.41) is 4.40. The number of carbonyl (C=O) groups is 1. The van der Waals surface area contributed by atoms with Gasteiger partial charge in [-0.05, 0) is 43.4 Å². The smallest absolute Gasteiger partial charge is 0.163 e. The Hall–Kier alpha value is -0.990. The number of benzene rings is 1. The summed E-state index contributed by atoms with van der Waals surface area (Å²) in [6.45, 7) is 0. The molecule has 0 aromatic heterocycles. The second-order valence-corrected chi connectivity index (χ2v) is 6.18. The van der Waals surface area contributed by atoms with E-state index in [0.29, 0.717) is 34.0 Å². The van der Waals surface area contributed by atoms with Gasteiger partial charge in [0.25, 0.3) is 0 Å². The maximum absolute atomic E-state index is 12.3. The fraction of sp³-hybridized carbons (Fsp3) is 0.400. The normalized spacial score (nSPS) is 24.8. The maximum atomic E-state index is 12.3. The molecule has 19 heavy (non-hydrogen) atoms. The second-order valence-electron chi connectivity index (χ2n) is 5.37. The van der Waals surface area contributed by atoms with E-state index in [1.54, 1.807) is 18.2 Å². The van der Waals surface area contributed by atoms with Gasteiger partial charge in [-0.15, -0.1) is 0 Å². The molecule has 2 atom stereocenters. The molecule has 0 aliphatic carbocycles. The lowest BCUT2D eigenvalue weighted by Gasteiger charge is -2.27. The van der Waals surface area contributed by atoms with Gasteiger partial charge >= 0.3 is 0 Å². The van der Waals surface area contributed by atoms with Crippen molar-refractivity contribution in [1.29, 1.82) is 0 Å². The first-order valence-electron chi connectivity index (χ1n) is 6.55. The van der Waals surface area contributed by atoms with Crippen molar-refractivity contribution < 1.29 is 4.79 Å². The Labute approximate surface area is 122 Å². The molecule has 0 amide bonds. The molecular weight excluding hydrogens is 281 g/mol. The van der Waals surface area contributed by atoms with Crippen LogP contribution in [0.15, 0.2) is 30.0 Å². The van der Waals surface area contributed by atoms with E-state index in [0.717, 1.165) is 19.3 Å². The van der Waals surface area contributed by atoms with Crippen LogP contribution in [0.1, 0.15) is 36.0 Å². The molecule has 0 spiro atoms. The van der Waals surface area contributed by atoms with Crippen LogP contribution in [-0.4, -0.2) is 11.8 Å². The van der Waals surface area contributed by atoms with Crippen LogP contribution in [-0.2, 0) is 0 Å². The lowest BCUT2D eigenvalue weighted by molar-refractivity contribution is 0.0953. The highest BCUT2D eigenvalue weighted by atomic mass is 35.5. The van der Waals surface area contributed by atoms with Crippen molar-refractivity contribution in [2.24, 2.45) is 5.92 Å². The van der Waals surface area contributed by atoms with Gasteiger partial charge in [-0.2, -0.15) is 0 Å². The molecule has 2 heterocycles. The minimum atomic E-state index is 0.158. The quantitative estimate of drug-likeness (QED) is 0.846. The van der Waals surface area contributed by atoms with Gasteiger partial charge in [0, 0.05) is 23.7 Å². The number of allylic oxidation sites excluding steroid dienone is 1. The number of Topliss-reactive ketones (excluding diaryl/α,β-unsaturated/α-hetero) is 1. The van der Waals surface area contributed by atoms with Gasteiger partial charge < -0.3 is 5.32 Å². The summed E-state index contributed by atoms with van der Waals surface area (Å²) in [5.74, 6) is 0.604. The maximum Gasteiger partial charge on any atom is 0.163 e. The molecule has 1 N–H and O–H groups in total. The van der Waals surface area contributed by atoms with Gasteiger partial charge in [0.05, 0.1) is 10.0 Å². The lowest BCUT2D eigenvalue weighted by Crippen LogP contribution is -2.32. The van der Waals surface area contributed by atoms with E-state index in [4.69, 9.17) is 23.2 Å². The van der Waals surface area contributed by atoms with Gasteiger partial charge in [-0.3, -0.25) is 4.79 Å². The average molecular weight is 296 g/mol. The molecule has 0 radical (unpaired) electrons. The third kappa shape index (κ3) is 2.80. The van der Waals surface area contributed by atoms with Crippen molar-refractivity contribution in [3.05, 3.63) is 45.6 Å². The van der Waals surface area contributed by atoms with Crippen LogP contribution in [0.4, 0.5) is 0 Å². The van der Waals surface area contributed by atoms with Crippen LogP contribution < -0.4 is 5.32 Å². The van der Waals surface area contributed by atoms with Crippen LogP contribution in [0.2, 0.25) is 10.0 Å². The largest absolute Gasteiger partial charge is 0.386 e. The van der Waals surface area contributed by atoms with Crippen LogP contribution in [0, 0.1) is 5.92 Å². The summed E-state index contributed by atoms with van der Waals surface area (Å²) in [7, 11) is 0. The molecule has 4 heteroatoms. The Morgan fingerprint density at radius 1 is 1.32 bits per heavy atom. The zero-order valence-electron chi connectivity index (χ0n) is 10.5. The minimum absolute atomic E-state index is 0.158. The molecule has 100 valence electrons. The fourth-order valence-corrected chi connectivity index (χ4v) is 3.26. The summed E-state index contributed by atoms with van der Waals surface area (Å²) < 4.78 is 0. The van der Waals surface area contributed by atoms with Crippen molar-refractivity contribution in [3.63, 3.8) is 0 Å². The standard InChI is InChI=1S/C15H15Cl2NO/c16-13-4-1-10(8-14(13)17)15(19)7-9-5-11-2-3-12(6-9)18-11/h1-2,4,8-9,12,18H,3,5-7H2/t9-,12-/m1/s1. The zero-order valence-corrected chi connectivity index (χ0v) is 12.0. The van der Waals surface area contributed by atoms with Crippen LogP contribution in [0.5, 0.6) is 0 Å². The number of rotatable bonds is 3. The third-order valence-corrected chi connectivity index (χ3v) is 4.62. The average Bonchev–Trinajstić information content (AvgIpc) is 2.72. The highest BCUT2D eigenvalue weighted by molar-refractivity contribution is 6.42. The lowest BCUT2D eigenvalue weighted by atomic mass is 9.87. The molecule has 2 aliphatic rings. The monoisotopic (exact) mass is 295 g/mol. The Balaban J connectivity index is 1.68. The molecule has 0 saturated carbocycles. The van der Waals surface area contributed by atoms with Crippen molar-refractivity contribution in [2.75, 3.05) is 0 Å². The number of halogens is 2. The topological polar surface area (TPSA) is 29.1 Å². The Bertz CT molecular complexity index is 553. The number of nitrogens with one attached hydrogen (secondary N) is 1. The van der Waals surface area contributed by atoms with Crippen molar-refractivity contribution in [3.8, 4) is 0 Å². The fourth-order valence-electron chi connectivity index (χ4n) is 2.96. The second kappa shape index (κ2) is 5.18. The van der Waals surface area contributed by atoms with Crippen LogP contribution in [0.3, 0.4) is 0 Å². The molecule has 2 nitrogen and oxygen atoms in total. The third-order valence-electron chi connectivity index (χ3n) is 3.88. The molecule has 2 bridgehead atoms. The van der Waals surface area contributed by atoms with E-state index >= 15 is 0 Å². The number of fused-ring (bicyclic) bond motifs is 2. The highest BCUT2D eigenvalue weighted by Gasteiger charge is 2.29. The number of carbonyl (C=O) groups excluding carboxylic acids is 1. The Morgan fingerprint density at radius 3 is 2.89 bits per heavy atom. The number of ketones is 1. The van der Waals surface area contributed by atoms with E-state index < -0.39 is 0 Å². The Kier molecular flexibility index (Phi) is 3.55. The number of hydrogen-bond donors (Lipinski definition) is 1. The minimum Gasteiger partial charge on any atom is -0.386 e. The Morgan fingerprint density at radius 2 is 2.16 bits per heavy atom. The molecular formula is C15H15Cl2NO. The molecule has 1 saturated heterocycles. The highest BCUT2D eigenvalue weighted by Crippen LogP contribution is 2.33. The first-order chi connectivity index (χ1) is 9.11. The SMILES string of the molecule is O=C(C[C@@H]1CC2=CC[C@H](C1)N2)c1ccc(Cl)c(Cl)c1. The van der Waals surface area contributed by atoms with E-state index in [-0.39, 0.29) is 5.78 Å². The van der Waals surface area contributed by atoms with Gasteiger partial charge in [-0.1, -0.05) is 29.3 Å². The first kappa shape index (κ1) is 13.0. The summed E-state index contributed by atoms with van der Waals surface area (Å²) in [4.78, 5) is 12.3. The van der Waals surface area contributed by atoms with E-state index in [9.17, 15) is 4.79 Å². The summed E-state index contributed by atoms with van der Waals surface area (Å²) >= 11 is 11.8. The molecule has 1 fully saturated rings. The van der Waals surface area contributed by atoms with Gasteiger partial charge in [0.2, 0.25) is 0 Å².